The second kappa shape index (κ2) is 10.7. The highest BCUT2D eigenvalue weighted by molar-refractivity contribution is 5.95. The van der Waals surface area contributed by atoms with Crippen LogP contribution < -0.4 is 9.47 Å². The van der Waals surface area contributed by atoms with Crippen LogP contribution in [0, 0.1) is 13.8 Å². The Morgan fingerprint density at radius 2 is 1.50 bits per heavy atom. The molecule has 0 spiro atoms. The van der Waals surface area contributed by atoms with E-state index in [1.165, 1.54) is 0 Å². The number of hydrogen-bond donors (Lipinski definition) is 1. The van der Waals surface area contributed by atoms with E-state index in [1.54, 1.807) is 10.6 Å². The van der Waals surface area contributed by atoms with E-state index in [4.69, 9.17) is 9.47 Å². The lowest BCUT2D eigenvalue weighted by Crippen LogP contribution is -2.08. The van der Waals surface area contributed by atoms with Gasteiger partial charge in [0, 0.05) is 11.9 Å². The van der Waals surface area contributed by atoms with Crippen molar-refractivity contribution in [2.75, 3.05) is 13.2 Å². The minimum absolute atomic E-state index is 0.0338. The first kappa shape index (κ1) is 23.0. The number of benzene rings is 3. The third-order valence-corrected chi connectivity index (χ3v) is 5.50. The van der Waals surface area contributed by atoms with Crippen LogP contribution in [0.15, 0.2) is 83.0 Å². The zero-order chi connectivity index (χ0) is 23.9. The third kappa shape index (κ3) is 5.26. The Kier molecular flexibility index (Phi) is 7.22. The summed E-state index contributed by atoms with van der Waals surface area (Å²) in [5, 5.41) is 19.4. The standard InChI is InChI=1S/C27H27N3O4/c1-19-10-3-7-14-23(19)33-17-9-16-30-22-13-6-5-12-21(22)26(27(30)32)29-28-25(31)18-34-24-15-8-4-11-20(24)2/h3-8,10-15,32H,9,16-18H2,1-2H3. The number of aromatic nitrogens is 1. The zero-order valence-corrected chi connectivity index (χ0v) is 19.3. The highest BCUT2D eigenvalue weighted by Crippen LogP contribution is 2.39. The Hall–Kier alpha value is -4.13. The lowest BCUT2D eigenvalue weighted by atomic mass is 10.2. The molecule has 1 amide bonds. The summed E-state index contributed by atoms with van der Waals surface area (Å²) in [6.07, 6.45) is 0.681. The molecule has 4 aromatic rings. The molecule has 0 radical (unpaired) electrons. The summed E-state index contributed by atoms with van der Waals surface area (Å²) in [5.41, 5.74) is 3.09. The van der Waals surface area contributed by atoms with Gasteiger partial charge in [0.1, 0.15) is 11.5 Å². The molecule has 7 nitrogen and oxygen atoms in total. The normalized spacial score (nSPS) is 11.2. The van der Waals surface area contributed by atoms with Gasteiger partial charge in [-0.3, -0.25) is 4.79 Å². The number of aryl methyl sites for hydroxylation is 3. The SMILES string of the molecule is Cc1ccccc1OCCCn1c(O)c(N=NC(=O)COc2ccccc2C)c2ccccc21. The van der Waals surface area contributed by atoms with Gasteiger partial charge >= 0.3 is 5.91 Å². The van der Waals surface area contributed by atoms with Gasteiger partial charge in [0.25, 0.3) is 0 Å². The first-order valence-electron chi connectivity index (χ1n) is 11.2. The smallest absolute Gasteiger partial charge is 0.302 e. The van der Waals surface area contributed by atoms with Crippen LogP contribution in [0.25, 0.3) is 10.9 Å². The van der Waals surface area contributed by atoms with Gasteiger partial charge in [-0.25, -0.2) is 0 Å². The summed E-state index contributed by atoms with van der Waals surface area (Å²) in [6, 6.07) is 22.8. The lowest BCUT2D eigenvalue weighted by Gasteiger charge is -2.10. The zero-order valence-electron chi connectivity index (χ0n) is 19.3. The first-order chi connectivity index (χ1) is 16.5. The average molecular weight is 458 g/mol. The summed E-state index contributed by atoms with van der Waals surface area (Å²) in [5.74, 6) is 0.906. The van der Waals surface area contributed by atoms with E-state index in [0.717, 1.165) is 27.8 Å². The van der Waals surface area contributed by atoms with Gasteiger partial charge in [-0.1, -0.05) is 54.6 Å². The second-order valence-electron chi connectivity index (χ2n) is 7.96. The molecule has 4 rings (SSSR count). The Balaban J connectivity index is 1.43. The fourth-order valence-corrected chi connectivity index (χ4v) is 3.71. The van der Waals surface area contributed by atoms with Gasteiger partial charge in [-0.2, -0.15) is 0 Å². The monoisotopic (exact) mass is 457 g/mol. The quantitative estimate of drug-likeness (QED) is 0.242. The van der Waals surface area contributed by atoms with Gasteiger partial charge < -0.3 is 19.1 Å². The van der Waals surface area contributed by atoms with Gasteiger partial charge in [-0.05, 0) is 49.6 Å². The summed E-state index contributed by atoms with van der Waals surface area (Å²) in [6.45, 7) is 4.70. The van der Waals surface area contributed by atoms with Gasteiger partial charge in [0.15, 0.2) is 12.3 Å². The number of nitrogens with zero attached hydrogens (tertiary/aromatic N) is 3. The Labute approximate surface area is 198 Å². The number of carbonyl (C=O) groups excluding carboxylic acids is 1. The molecule has 0 unspecified atom stereocenters. The van der Waals surface area contributed by atoms with Crippen LogP contribution in [0.1, 0.15) is 17.5 Å². The second-order valence-corrected chi connectivity index (χ2v) is 7.96. The van der Waals surface area contributed by atoms with Gasteiger partial charge in [0.2, 0.25) is 5.88 Å². The number of amides is 1. The molecule has 0 aliphatic heterocycles. The van der Waals surface area contributed by atoms with Crippen molar-refractivity contribution < 1.29 is 19.4 Å². The molecule has 1 aromatic heterocycles. The maximum Gasteiger partial charge on any atom is 0.302 e. The van der Waals surface area contributed by atoms with Gasteiger partial charge in [-0.15, -0.1) is 10.2 Å². The van der Waals surface area contributed by atoms with Crippen LogP contribution in [0.2, 0.25) is 0 Å². The van der Waals surface area contributed by atoms with Crippen LogP contribution in [0.3, 0.4) is 0 Å². The third-order valence-electron chi connectivity index (χ3n) is 5.50. The minimum atomic E-state index is -0.536. The van der Waals surface area contributed by atoms with Crippen molar-refractivity contribution in [3.05, 3.63) is 83.9 Å². The fourth-order valence-electron chi connectivity index (χ4n) is 3.71. The average Bonchev–Trinajstić information content (AvgIpc) is 3.11. The maximum absolute atomic E-state index is 12.2. The van der Waals surface area contributed by atoms with Crippen LogP contribution in [0.4, 0.5) is 5.69 Å². The topological polar surface area (TPSA) is 85.4 Å². The fraction of sp³-hybridized carbons (Fsp3) is 0.222. The van der Waals surface area contributed by atoms with Crippen molar-refractivity contribution in [1.29, 1.82) is 0 Å². The van der Waals surface area contributed by atoms with Gasteiger partial charge in [0.05, 0.1) is 12.1 Å². The van der Waals surface area contributed by atoms with Crippen LogP contribution >= 0.6 is 0 Å². The Morgan fingerprint density at radius 1 is 0.882 bits per heavy atom. The number of para-hydroxylation sites is 3. The summed E-state index contributed by atoms with van der Waals surface area (Å²) >= 11 is 0. The van der Waals surface area contributed by atoms with Crippen LogP contribution in [0.5, 0.6) is 17.4 Å². The van der Waals surface area contributed by atoms with Crippen molar-refractivity contribution in [3.8, 4) is 17.4 Å². The van der Waals surface area contributed by atoms with Crippen molar-refractivity contribution in [1.82, 2.24) is 4.57 Å². The molecule has 0 saturated heterocycles. The molecule has 0 aliphatic carbocycles. The van der Waals surface area contributed by atoms with Crippen molar-refractivity contribution in [2.45, 2.75) is 26.8 Å². The van der Waals surface area contributed by atoms with E-state index >= 15 is 0 Å². The van der Waals surface area contributed by atoms with Crippen LogP contribution in [-0.4, -0.2) is 28.8 Å². The summed E-state index contributed by atoms with van der Waals surface area (Å²) < 4.78 is 13.2. The highest BCUT2D eigenvalue weighted by Gasteiger charge is 2.16. The molecule has 1 N–H and O–H groups in total. The lowest BCUT2D eigenvalue weighted by molar-refractivity contribution is -0.120. The molecule has 0 bridgehead atoms. The van der Waals surface area contributed by atoms with Crippen molar-refractivity contribution in [3.63, 3.8) is 0 Å². The highest BCUT2D eigenvalue weighted by atomic mass is 16.5. The molecule has 3 aromatic carbocycles. The summed E-state index contributed by atoms with van der Waals surface area (Å²) in [7, 11) is 0. The van der Waals surface area contributed by atoms with E-state index in [-0.39, 0.29) is 18.2 Å². The number of azo groups is 1. The van der Waals surface area contributed by atoms with E-state index in [0.29, 0.717) is 25.3 Å². The van der Waals surface area contributed by atoms with Crippen molar-refractivity contribution >= 4 is 22.5 Å². The minimum Gasteiger partial charge on any atom is -0.493 e. The molecule has 0 saturated carbocycles. The first-order valence-corrected chi connectivity index (χ1v) is 11.2. The molecule has 1 heterocycles. The molecule has 174 valence electrons. The summed E-state index contributed by atoms with van der Waals surface area (Å²) in [4.78, 5) is 12.2. The van der Waals surface area contributed by atoms with Crippen molar-refractivity contribution in [2.24, 2.45) is 10.2 Å². The molecule has 0 atom stereocenters. The molecule has 0 aliphatic rings. The Bertz CT molecular complexity index is 1330. The number of aromatic hydroxyl groups is 1. The number of rotatable bonds is 9. The predicted molar refractivity (Wildman–Crippen MR) is 131 cm³/mol. The molecular weight excluding hydrogens is 430 g/mol. The largest absolute Gasteiger partial charge is 0.493 e. The van der Waals surface area contributed by atoms with E-state index in [2.05, 4.69) is 10.2 Å². The number of ether oxygens (including phenoxy) is 2. The van der Waals surface area contributed by atoms with E-state index < -0.39 is 5.91 Å². The van der Waals surface area contributed by atoms with E-state index in [1.807, 2.05) is 80.6 Å². The molecular formula is C27H27N3O4. The number of carbonyl (C=O) groups is 1. The number of hydrogen-bond acceptors (Lipinski definition) is 5. The Morgan fingerprint density at radius 3 is 2.21 bits per heavy atom. The van der Waals surface area contributed by atoms with E-state index in [9.17, 15) is 9.90 Å². The number of fused-ring (bicyclic) bond motifs is 1. The molecule has 0 fully saturated rings. The maximum atomic E-state index is 12.2. The molecule has 7 heteroatoms. The molecule has 34 heavy (non-hydrogen) atoms. The predicted octanol–water partition coefficient (Wildman–Crippen LogP) is 6.12. The van der Waals surface area contributed by atoms with Crippen LogP contribution in [-0.2, 0) is 11.3 Å².